The van der Waals surface area contributed by atoms with Gasteiger partial charge in [-0.15, -0.1) is 0 Å². The maximum atomic E-state index is 6.34. The lowest BCUT2D eigenvalue weighted by Crippen LogP contribution is -2.41. The van der Waals surface area contributed by atoms with Gasteiger partial charge in [0.25, 0.3) is 0 Å². The van der Waals surface area contributed by atoms with Gasteiger partial charge in [0.15, 0.2) is 0 Å². The summed E-state index contributed by atoms with van der Waals surface area (Å²) in [6.45, 7) is 5.98. The summed E-state index contributed by atoms with van der Waals surface area (Å²) in [6.07, 6.45) is 5.44. The Bertz CT molecular complexity index is 413. The molecule has 0 saturated carbocycles. The van der Waals surface area contributed by atoms with E-state index in [1.54, 1.807) is 0 Å². The second-order valence-corrected chi connectivity index (χ2v) is 5.94. The molecule has 1 aliphatic heterocycles. The molecule has 4 nitrogen and oxygen atoms in total. The van der Waals surface area contributed by atoms with Crippen molar-refractivity contribution in [2.24, 2.45) is 5.73 Å². The Morgan fingerprint density at radius 1 is 1.47 bits per heavy atom. The first kappa shape index (κ1) is 15.0. The van der Waals surface area contributed by atoms with Crippen molar-refractivity contribution in [3.63, 3.8) is 0 Å². The average Bonchev–Trinajstić information content (AvgIpc) is 2.76. The summed E-state index contributed by atoms with van der Waals surface area (Å²) >= 11 is 3.68. The van der Waals surface area contributed by atoms with Crippen LogP contribution in [0.2, 0.25) is 0 Å². The highest BCUT2D eigenvalue weighted by Crippen LogP contribution is 2.25. The molecule has 108 valence electrons. The Hall–Kier alpha value is -0.390. The molecule has 1 aromatic heterocycles. The predicted molar refractivity (Wildman–Crippen MR) is 80.2 cm³/mol. The number of hydrogen-bond donors (Lipinski definition) is 1. The number of nitrogens with zero attached hydrogens (tertiary/aromatic N) is 2. The van der Waals surface area contributed by atoms with E-state index in [-0.39, 0.29) is 12.1 Å². The number of ether oxygens (including phenoxy) is 1. The number of rotatable bonds is 5. The number of nitrogens with two attached hydrogens (primary N) is 1. The second kappa shape index (κ2) is 6.86. The molecule has 0 radical (unpaired) electrons. The topological polar surface area (TPSA) is 53.1 Å². The van der Waals surface area contributed by atoms with Gasteiger partial charge in [-0.05, 0) is 48.5 Å². The summed E-state index contributed by atoms with van der Waals surface area (Å²) in [4.78, 5) is 0. The molecule has 1 aromatic rings. The molecule has 1 aliphatic rings. The minimum atomic E-state index is 0.0586. The lowest BCUT2D eigenvalue weighted by atomic mass is 9.99. The van der Waals surface area contributed by atoms with Gasteiger partial charge in [-0.1, -0.05) is 6.92 Å². The van der Waals surface area contributed by atoms with Crippen molar-refractivity contribution in [1.29, 1.82) is 0 Å². The molecule has 1 fully saturated rings. The van der Waals surface area contributed by atoms with E-state index in [1.165, 1.54) is 18.5 Å². The van der Waals surface area contributed by atoms with Crippen molar-refractivity contribution in [2.75, 3.05) is 6.61 Å². The van der Waals surface area contributed by atoms with Crippen LogP contribution in [0.25, 0.3) is 0 Å². The Kier molecular flexibility index (Phi) is 5.42. The number of halogens is 1. The summed E-state index contributed by atoms with van der Waals surface area (Å²) in [6, 6.07) is 0.0586. The summed E-state index contributed by atoms with van der Waals surface area (Å²) in [5.41, 5.74) is 8.67. The van der Waals surface area contributed by atoms with Crippen LogP contribution in [0.4, 0.5) is 0 Å². The zero-order valence-corrected chi connectivity index (χ0v) is 13.4. The standard InChI is InChI=1S/C14H24BrN3O/c1-3-11-14(15)12(18(4-2)17-11)9-10(16)13-7-5-6-8-19-13/h10,13H,3-9,16H2,1-2H3. The normalized spacial score (nSPS) is 21.6. The first-order chi connectivity index (χ1) is 9.17. The molecule has 2 unspecified atom stereocenters. The van der Waals surface area contributed by atoms with Crippen molar-refractivity contribution < 1.29 is 4.74 Å². The Labute approximate surface area is 123 Å². The van der Waals surface area contributed by atoms with Gasteiger partial charge < -0.3 is 10.5 Å². The molecule has 2 heterocycles. The van der Waals surface area contributed by atoms with E-state index >= 15 is 0 Å². The summed E-state index contributed by atoms with van der Waals surface area (Å²) in [5, 5.41) is 4.62. The molecule has 5 heteroatoms. The molecular formula is C14H24BrN3O. The van der Waals surface area contributed by atoms with Crippen LogP contribution in [-0.4, -0.2) is 28.5 Å². The summed E-state index contributed by atoms with van der Waals surface area (Å²) in [5.74, 6) is 0. The molecular weight excluding hydrogens is 306 g/mol. The van der Waals surface area contributed by atoms with E-state index in [1.807, 2.05) is 0 Å². The maximum Gasteiger partial charge on any atom is 0.0766 e. The maximum absolute atomic E-state index is 6.34. The van der Waals surface area contributed by atoms with Crippen molar-refractivity contribution >= 4 is 15.9 Å². The zero-order valence-electron chi connectivity index (χ0n) is 11.9. The molecule has 0 aromatic carbocycles. The highest BCUT2D eigenvalue weighted by atomic mass is 79.9. The highest BCUT2D eigenvalue weighted by molar-refractivity contribution is 9.10. The molecule has 19 heavy (non-hydrogen) atoms. The Morgan fingerprint density at radius 2 is 2.26 bits per heavy atom. The number of hydrogen-bond acceptors (Lipinski definition) is 3. The summed E-state index contributed by atoms with van der Waals surface area (Å²) < 4.78 is 8.98. The van der Waals surface area contributed by atoms with Gasteiger partial charge in [0.05, 0.1) is 22.0 Å². The third-order valence-corrected chi connectivity index (χ3v) is 4.73. The molecule has 2 N–H and O–H groups in total. The average molecular weight is 330 g/mol. The number of aromatic nitrogens is 2. The lowest BCUT2D eigenvalue weighted by Gasteiger charge is -2.28. The van der Waals surface area contributed by atoms with Gasteiger partial charge in [0.2, 0.25) is 0 Å². The van der Waals surface area contributed by atoms with Crippen molar-refractivity contribution in [3.8, 4) is 0 Å². The van der Waals surface area contributed by atoms with Crippen LogP contribution in [0.3, 0.4) is 0 Å². The molecule has 0 aliphatic carbocycles. The van der Waals surface area contributed by atoms with Crippen molar-refractivity contribution in [2.45, 2.75) is 64.6 Å². The highest BCUT2D eigenvalue weighted by Gasteiger charge is 2.24. The fraction of sp³-hybridized carbons (Fsp3) is 0.786. The van der Waals surface area contributed by atoms with Crippen LogP contribution < -0.4 is 5.73 Å². The van der Waals surface area contributed by atoms with E-state index in [0.717, 1.165) is 42.6 Å². The SMILES string of the molecule is CCc1nn(CC)c(CC(N)C2CCCCO2)c1Br. The van der Waals surface area contributed by atoms with Crippen LogP contribution in [0.5, 0.6) is 0 Å². The van der Waals surface area contributed by atoms with E-state index in [9.17, 15) is 0 Å². The number of aryl methyl sites for hydroxylation is 2. The van der Waals surface area contributed by atoms with Crippen molar-refractivity contribution in [1.82, 2.24) is 9.78 Å². The third-order valence-electron chi connectivity index (χ3n) is 3.82. The molecule has 1 saturated heterocycles. The Balaban J connectivity index is 2.10. The molecule has 0 spiro atoms. The monoisotopic (exact) mass is 329 g/mol. The van der Waals surface area contributed by atoms with Crippen LogP contribution >= 0.6 is 15.9 Å². The van der Waals surface area contributed by atoms with Crippen LogP contribution in [0.1, 0.15) is 44.5 Å². The van der Waals surface area contributed by atoms with E-state index in [2.05, 4.69) is 39.6 Å². The van der Waals surface area contributed by atoms with Gasteiger partial charge in [-0.3, -0.25) is 4.68 Å². The van der Waals surface area contributed by atoms with E-state index in [4.69, 9.17) is 10.5 Å². The van der Waals surface area contributed by atoms with Crippen LogP contribution in [0, 0.1) is 0 Å². The quantitative estimate of drug-likeness (QED) is 0.903. The van der Waals surface area contributed by atoms with Crippen LogP contribution in [0.15, 0.2) is 4.47 Å². The minimum absolute atomic E-state index is 0.0586. The lowest BCUT2D eigenvalue weighted by molar-refractivity contribution is 0.000273. The fourth-order valence-corrected chi connectivity index (χ4v) is 3.40. The van der Waals surface area contributed by atoms with Gasteiger partial charge in [-0.25, -0.2) is 0 Å². The summed E-state index contributed by atoms with van der Waals surface area (Å²) in [7, 11) is 0. The van der Waals surface area contributed by atoms with Gasteiger partial charge in [0.1, 0.15) is 0 Å². The smallest absolute Gasteiger partial charge is 0.0766 e. The predicted octanol–water partition coefficient (Wildman–Crippen LogP) is 2.67. The molecule has 0 amide bonds. The molecule has 2 rings (SSSR count). The van der Waals surface area contributed by atoms with E-state index in [0.29, 0.717) is 0 Å². The second-order valence-electron chi connectivity index (χ2n) is 5.15. The minimum Gasteiger partial charge on any atom is -0.377 e. The van der Waals surface area contributed by atoms with Gasteiger partial charge in [-0.2, -0.15) is 5.10 Å². The van der Waals surface area contributed by atoms with Crippen molar-refractivity contribution in [3.05, 3.63) is 15.9 Å². The third kappa shape index (κ3) is 3.38. The first-order valence-corrected chi connectivity index (χ1v) is 8.07. The van der Waals surface area contributed by atoms with Gasteiger partial charge in [0, 0.05) is 25.6 Å². The fourth-order valence-electron chi connectivity index (χ4n) is 2.67. The zero-order chi connectivity index (χ0) is 13.8. The molecule has 2 atom stereocenters. The van der Waals surface area contributed by atoms with E-state index < -0.39 is 0 Å². The van der Waals surface area contributed by atoms with Gasteiger partial charge >= 0.3 is 0 Å². The largest absolute Gasteiger partial charge is 0.377 e. The first-order valence-electron chi connectivity index (χ1n) is 7.28. The molecule has 0 bridgehead atoms. The Morgan fingerprint density at radius 3 is 2.84 bits per heavy atom. The van der Waals surface area contributed by atoms with Crippen LogP contribution in [-0.2, 0) is 24.1 Å².